The van der Waals surface area contributed by atoms with Gasteiger partial charge in [0, 0.05) is 43.4 Å². The standard InChI is InChI=1S/C23H23N5O2/c1-16(29)18-9-5-6-10-19(18)26-23(30)20-15-21(28-13-11-24-12-14-28)27-22(25-20)17-7-3-2-4-8-17/h2-10,15,24H,11-14H2,1H3,(H,26,30). The van der Waals surface area contributed by atoms with Gasteiger partial charge in [0.05, 0.1) is 5.69 Å². The molecule has 0 radical (unpaired) electrons. The van der Waals surface area contributed by atoms with Crippen molar-refractivity contribution in [2.75, 3.05) is 36.4 Å². The fourth-order valence-electron chi connectivity index (χ4n) is 3.41. The molecule has 2 heterocycles. The zero-order valence-electron chi connectivity index (χ0n) is 16.8. The SMILES string of the molecule is CC(=O)c1ccccc1NC(=O)c1cc(N2CCNCC2)nc(-c2ccccc2)n1. The summed E-state index contributed by atoms with van der Waals surface area (Å²) < 4.78 is 0. The van der Waals surface area contributed by atoms with Crippen LogP contribution in [0.1, 0.15) is 27.8 Å². The number of aromatic nitrogens is 2. The van der Waals surface area contributed by atoms with Crippen LogP contribution in [0.5, 0.6) is 0 Å². The molecule has 30 heavy (non-hydrogen) atoms. The number of hydrogen-bond acceptors (Lipinski definition) is 6. The zero-order valence-corrected chi connectivity index (χ0v) is 16.8. The van der Waals surface area contributed by atoms with E-state index in [-0.39, 0.29) is 17.4 Å². The lowest BCUT2D eigenvalue weighted by molar-refractivity contribution is 0.101. The highest BCUT2D eigenvalue weighted by Crippen LogP contribution is 2.22. The molecule has 0 unspecified atom stereocenters. The van der Waals surface area contributed by atoms with Gasteiger partial charge in [-0.05, 0) is 19.1 Å². The lowest BCUT2D eigenvalue weighted by Gasteiger charge is -2.28. The first kappa shape index (κ1) is 19.7. The number of benzene rings is 2. The first-order chi connectivity index (χ1) is 14.6. The van der Waals surface area contributed by atoms with E-state index < -0.39 is 0 Å². The summed E-state index contributed by atoms with van der Waals surface area (Å²) in [6, 6.07) is 18.3. The van der Waals surface area contributed by atoms with Crippen molar-refractivity contribution >= 4 is 23.2 Å². The lowest BCUT2D eigenvalue weighted by Crippen LogP contribution is -2.44. The van der Waals surface area contributed by atoms with E-state index in [9.17, 15) is 9.59 Å². The third kappa shape index (κ3) is 4.36. The number of ketones is 1. The van der Waals surface area contributed by atoms with Gasteiger partial charge in [0.1, 0.15) is 11.5 Å². The summed E-state index contributed by atoms with van der Waals surface area (Å²) in [6.07, 6.45) is 0. The number of Topliss-reactive ketones (excluding diaryl/α,β-unsaturated/α-hetero) is 1. The van der Waals surface area contributed by atoms with Gasteiger partial charge in [0.15, 0.2) is 11.6 Å². The topological polar surface area (TPSA) is 87.2 Å². The second-order valence-corrected chi connectivity index (χ2v) is 7.09. The average molecular weight is 401 g/mol. The molecule has 1 amide bonds. The van der Waals surface area contributed by atoms with E-state index in [2.05, 4.69) is 20.5 Å². The molecule has 0 spiro atoms. The minimum atomic E-state index is -0.375. The molecule has 0 saturated carbocycles. The van der Waals surface area contributed by atoms with Gasteiger partial charge in [-0.3, -0.25) is 9.59 Å². The van der Waals surface area contributed by atoms with Gasteiger partial charge in [-0.15, -0.1) is 0 Å². The predicted octanol–water partition coefficient (Wildman–Crippen LogP) is 3.01. The molecule has 1 aliphatic rings. The average Bonchev–Trinajstić information content (AvgIpc) is 2.80. The molecule has 2 aromatic carbocycles. The van der Waals surface area contributed by atoms with Gasteiger partial charge in [-0.25, -0.2) is 9.97 Å². The highest BCUT2D eigenvalue weighted by molar-refractivity contribution is 6.08. The highest BCUT2D eigenvalue weighted by atomic mass is 16.2. The van der Waals surface area contributed by atoms with E-state index in [0.29, 0.717) is 17.1 Å². The molecule has 0 aliphatic carbocycles. The second kappa shape index (κ2) is 8.84. The van der Waals surface area contributed by atoms with E-state index in [1.807, 2.05) is 30.3 Å². The van der Waals surface area contributed by atoms with Gasteiger partial charge in [-0.2, -0.15) is 0 Å². The van der Waals surface area contributed by atoms with Gasteiger partial charge in [-0.1, -0.05) is 42.5 Å². The van der Waals surface area contributed by atoms with Gasteiger partial charge in [0.2, 0.25) is 0 Å². The summed E-state index contributed by atoms with van der Waals surface area (Å²) in [5.74, 6) is 0.728. The Labute approximate surface area is 175 Å². The maximum absolute atomic E-state index is 13.1. The summed E-state index contributed by atoms with van der Waals surface area (Å²) >= 11 is 0. The van der Waals surface area contributed by atoms with E-state index in [0.717, 1.165) is 37.6 Å². The van der Waals surface area contributed by atoms with E-state index in [1.165, 1.54) is 6.92 Å². The summed E-state index contributed by atoms with van der Waals surface area (Å²) in [5, 5.41) is 6.16. The van der Waals surface area contributed by atoms with Crippen molar-refractivity contribution in [3.8, 4) is 11.4 Å². The first-order valence-corrected chi connectivity index (χ1v) is 9.93. The summed E-state index contributed by atoms with van der Waals surface area (Å²) in [5.41, 5.74) is 2.03. The maximum Gasteiger partial charge on any atom is 0.274 e. The number of carbonyl (C=O) groups excluding carboxylic acids is 2. The monoisotopic (exact) mass is 401 g/mol. The number of carbonyl (C=O) groups is 2. The van der Waals surface area contributed by atoms with E-state index in [1.54, 1.807) is 30.3 Å². The molecule has 1 fully saturated rings. The van der Waals surface area contributed by atoms with Crippen molar-refractivity contribution < 1.29 is 9.59 Å². The number of piperazine rings is 1. The van der Waals surface area contributed by atoms with Crippen LogP contribution in [0, 0.1) is 0 Å². The van der Waals surface area contributed by atoms with Crippen LogP contribution in [-0.2, 0) is 0 Å². The summed E-state index contributed by atoms with van der Waals surface area (Å²) in [7, 11) is 0. The van der Waals surface area contributed by atoms with Crippen molar-refractivity contribution in [2.45, 2.75) is 6.92 Å². The molecule has 1 saturated heterocycles. The maximum atomic E-state index is 13.1. The Morgan fingerprint density at radius 1 is 0.967 bits per heavy atom. The molecule has 7 heteroatoms. The summed E-state index contributed by atoms with van der Waals surface area (Å²) in [6.45, 7) is 4.81. The molecular formula is C23H23N5O2. The van der Waals surface area contributed by atoms with Crippen LogP contribution in [0.15, 0.2) is 60.7 Å². The van der Waals surface area contributed by atoms with Gasteiger partial charge >= 0.3 is 0 Å². The minimum absolute atomic E-state index is 0.111. The third-order valence-corrected chi connectivity index (χ3v) is 4.97. The summed E-state index contributed by atoms with van der Waals surface area (Å²) in [4.78, 5) is 36.3. The third-order valence-electron chi connectivity index (χ3n) is 4.97. The molecule has 1 aliphatic heterocycles. The number of rotatable bonds is 5. The molecule has 1 aromatic heterocycles. The molecule has 7 nitrogen and oxygen atoms in total. The number of anilines is 2. The Kier molecular flexibility index (Phi) is 5.81. The molecule has 3 aromatic rings. The molecule has 0 atom stereocenters. The largest absolute Gasteiger partial charge is 0.354 e. The van der Waals surface area contributed by atoms with Crippen molar-refractivity contribution in [3.05, 3.63) is 71.9 Å². The van der Waals surface area contributed by atoms with Gasteiger partial charge < -0.3 is 15.5 Å². The molecule has 0 bridgehead atoms. The number of nitrogens with zero attached hydrogens (tertiary/aromatic N) is 3. The van der Waals surface area contributed by atoms with E-state index in [4.69, 9.17) is 4.98 Å². The number of hydrogen-bond donors (Lipinski definition) is 2. The fourth-order valence-corrected chi connectivity index (χ4v) is 3.41. The van der Waals surface area contributed by atoms with Gasteiger partial charge in [0.25, 0.3) is 5.91 Å². The second-order valence-electron chi connectivity index (χ2n) is 7.09. The van der Waals surface area contributed by atoms with Crippen LogP contribution >= 0.6 is 0 Å². The Hall–Kier alpha value is -3.58. The molecule has 4 rings (SSSR count). The fraction of sp³-hybridized carbons (Fsp3) is 0.217. The predicted molar refractivity (Wildman–Crippen MR) is 117 cm³/mol. The number of nitrogens with one attached hydrogen (secondary N) is 2. The van der Waals surface area contributed by atoms with Crippen LogP contribution in [-0.4, -0.2) is 47.8 Å². The molecule has 152 valence electrons. The number of amides is 1. The van der Waals surface area contributed by atoms with Crippen molar-refractivity contribution in [2.24, 2.45) is 0 Å². The Bertz CT molecular complexity index is 1060. The van der Waals surface area contributed by atoms with Crippen LogP contribution in [0.25, 0.3) is 11.4 Å². The highest BCUT2D eigenvalue weighted by Gasteiger charge is 2.19. The Morgan fingerprint density at radius 3 is 2.40 bits per heavy atom. The van der Waals surface area contributed by atoms with E-state index >= 15 is 0 Å². The van der Waals surface area contributed by atoms with Crippen molar-refractivity contribution in [3.63, 3.8) is 0 Å². The smallest absolute Gasteiger partial charge is 0.274 e. The normalized spacial score (nSPS) is 13.7. The lowest BCUT2D eigenvalue weighted by atomic mass is 10.1. The Morgan fingerprint density at radius 2 is 1.67 bits per heavy atom. The zero-order chi connectivity index (χ0) is 20.9. The minimum Gasteiger partial charge on any atom is -0.354 e. The number of para-hydroxylation sites is 1. The molecule has 2 N–H and O–H groups in total. The molecular weight excluding hydrogens is 378 g/mol. The van der Waals surface area contributed by atoms with Crippen molar-refractivity contribution in [1.82, 2.24) is 15.3 Å². The van der Waals surface area contributed by atoms with Crippen LogP contribution in [0.2, 0.25) is 0 Å². The first-order valence-electron chi connectivity index (χ1n) is 9.93. The van der Waals surface area contributed by atoms with Crippen molar-refractivity contribution in [1.29, 1.82) is 0 Å². The van der Waals surface area contributed by atoms with Crippen LogP contribution in [0.4, 0.5) is 11.5 Å². The van der Waals surface area contributed by atoms with Crippen LogP contribution in [0.3, 0.4) is 0 Å². The van der Waals surface area contributed by atoms with Crippen LogP contribution < -0.4 is 15.5 Å². The Balaban J connectivity index is 1.71. The quantitative estimate of drug-likeness (QED) is 0.639.